The number of thioether (sulfide) groups is 3. The molecule has 0 aliphatic heterocycles. The molecule has 38 heteroatoms. The van der Waals surface area contributed by atoms with Crippen LogP contribution < -0.4 is 62.1 Å². The van der Waals surface area contributed by atoms with Gasteiger partial charge >= 0.3 is 50.9 Å². The van der Waals surface area contributed by atoms with E-state index in [1.54, 1.807) is 47.1 Å². The lowest BCUT2D eigenvalue weighted by Gasteiger charge is -2.08. The first-order valence-corrected chi connectivity index (χ1v) is 34.2. The molecule has 0 fully saturated rings. The molecule has 4 rings (SSSR count). The Morgan fingerprint density at radius 2 is 0.951 bits per heavy atom. The van der Waals surface area contributed by atoms with Gasteiger partial charge in [0.1, 0.15) is 11.6 Å². The number of rotatable bonds is 11. The molecule has 0 aliphatic rings. The molecule has 0 spiro atoms. The molecular weight excluding hydrogens is 1280 g/mol. The number of amidine groups is 1. The van der Waals surface area contributed by atoms with E-state index in [-0.39, 0.29) is 90.9 Å². The zero-order chi connectivity index (χ0) is 58.3. The Kier molecular flexibility index (Phi) is 82.7. The van der Waals surface area contributed by atoms with E-state index in [4.69, 9.17) is 16.3 Å². The molecule has 0 saturated heterocycles. The number of isocyanates is 1. The number of aromatic amines is 1. The van der Waals surface area contributed by atoms with Crippen molar-refractivity contribution in [2.75, 3.05) is 58.8 Å². The van der Waals surface area contributed by atoms with Gasteiger partial charge in [-0.05, 0) is 161 Å². The van der Waals surface area contributed by atoms with E-state index in [0.717, 1.165) is 19.8 Å². The van der Waals surface area contributed by atoms with E-state index >= 15 is 0 Å². The fraction of sp³-hybridized carbons (Fsp3) is 0.636. The minimum Gasteiger partial charge on any atom is -0.378 e. The SMILES string of the molecule is C.C.C.C.C.C.C.C.CCC.CCn1c(=O)nc(C)n(PC)c1=O.CCn1c(=O)nc(C)n(PC)c1=O.CCn1c(=O)nc(SC)n(PC)c1=O.CPN=C(N)SC.CPNC(N)=S.CPn1c(SC)nc(=O)[nH]c1=O.O=C=NC(=O)Cl. The van der Waals surface area contributed by atoms with Crippen LogP contribution in [0.1, 0.15) is 112 Å². The summed E-state index contributed by atoms with van der Waals surface area (Å²) in [5.41, 5.74) is 7.19. The minimum atomic E-state index is -1.04. The van der Waals surface area contributed by atoms with Gasteiger partial charge in [0.25, 0.3) is 0 Å². The van der Waals surface area contributed by atoms with Crippen LogP contribution in [0.3, 0.4) is 0 Å². The number of hydrogen-bond donors (Lipinski definition) is 4. The van der Waals surface area contributed by atoms with Crippen LogP contribution >= 0.6 is 111 Å². The van der Waals surface area contributed by atoms with Crippen LogP contribution in [0, 0.1) is 13.8 Å². The number of halogens is 1. The van der Waals surface area contributed by atoms with Crippen molar-refractivity contribution in [1.29, 1.82) is 0 Å². The number of H-pyrrole nitrogens is 1. The Hall–Kier alpha value is -3.43. The molecule has 4 heterocycles. The highest BCUT2D eigenvalue weighted by Crippen LogP contribution is 2.15. The summed E-state index contributed by atoms with van der Waals surface area (Å²) in [4.78, 5) is 128. The monoisotopic (exact) mass is 1380 g/mol. The maximum atomic E-state index is 11.7. The third-order valence-corrected chi connectivity index (χ3v) is 14.6. The quantitative estimate of drug-likeness (QED) is 0.0163. The predicted octanol–water partition coefficient (Wildman–Crippen LogP) is 7.67. The molecule has 82 heavy (non-hydrogen) atoms. The zero-order valence-corrected chi connectivity index (χ0v) is 53.9. The fourth-order valence-corrected chi connectivity index (χ4v) is 10.2. The number of carbonyl (C=O) groups excluding carboxylic acids is 2. The number of aromatic nitrogens is 12. The Morgan fingerprint density at radius 1 is 0.622 bits per heavy atom. The van der Waals surface area contributed by atoms with Crippen LogP contribution in [0.5, 0.6) is 0 Å². The van der Waals surface area contributed by atoms with Crippen molar-refractivity contribution in [2.24, 2.45) is 21.2 Å². The second kappa shape index (κ2) is 63.6. The second-order valence-corrected chi connectivity index (χ2v) is 20.3. The maximum Gasteiger partial charge on any atom is 0.354 e. The number of aliphatic imine (C=N–C) groups is 1. The lowest BCUT2D eigenvalue weighted by atomic mass is 10.6. The lowest BCUT2D eigenvalue weighted by molar-refractivity contribution is 0.266. The molecule has 6 unspecified atom stereocenters. The Labute approximate surface area is 520 Å². The van der Waals surface area contributed by atoms with Crippen LogP contribution in [-0.4, -0.2) is 136 Å². The number of nitrogens with zero attached hydrogens (tertiary/aromatic N) is 13. The largest absolute Gasteiger partial charge is 0.378 e. The lowest BCUT2D eigenvalue weighted by Crippen LogP contribution is -2.40. The third-order valence-electron chi connectivity index (χ3n) is 7.33. The average molecular weight is 1380 g/mol. The van der Waals surface area contributed by atoms with Gasteiger partial charge in [0.15, 0.2) is 20.6 Å². The Morgan fingerprint density at radius 3 is 1.17 bits per heavy atom. The highest BCUT2D eigenvalue weighted by atomic mass is 35.5. The number of thiocarbonyl (C=S) groups is 1. The van der Waals surface area contributed by atoms with Gasteiger partial charge in [-0.25, -0.2) is 61.6 Å². The average Bonchev–Trinajstić information content (AvgIpc) is 3.33. The second-order valence-electron chi connectivity index (χ2n) is 12.2. The van der Waals surface area contributed by atoms with Gasteiger partial charge in [0.05, 0.1) is 0 Å². The Balaban J connectivity index is -0.0000000694. The molecule has 6 N–H and O–H groups in total. The van der Waals surface area contributed by atoms with E-state index in [1.165, 1.54) is 59.1 Å². The minimum absolute atomic E-state index is 0. The van der Waals surface area contributed by atoms with Gasteiger partial charge in [0, 0.05) is 28.4 Å². The predicted molar refractivity (Wildman–Crippen MR) is 379 cm³/mol. The van der Waals surface area contributed by atoms with Crippen LogP contribution in [0.4, 0.5) is 4.79 Å². The normalized spacial score (nSPS) is 9.70. The van der Waals surface area contributed by atoms with E-state index < -0.39 is 28.1 Å². The molecule has 0 bridgehead atoms. The van der Waals surface area contributed by atoms with Crippen LogP contribution in [0.25, 0.3) is 0 Å². The summed E-state index contributed by atoms with van der Waals surface area (Å²) in [7, 11) is 2.39. The van der Waals surface area contributed by atoms with Gasteiger partial charge in [0.2, 0.25) is 6.08 Å². The molecule has 1 amide bonds. The summed E-state index contributed by atoms with van der Waals surface area (Å²) in [5.74, 6) is 0.973. The molecule has 0 saturated carbocycles. The molecular formula is C44H100ClN17O10P6S4. The van der Waals surface area contributed by atoms with Gasteiger partial charge < -0.3 is 16.6 Å². The standard InChI is InChI=1S/C7H12N3O2PS.2C7H12N3O2P.C5H8N3O2PS.C3H9N2PS.C3H8.C2ClNO2.C2H7N2PS.8CH4/c1-4-9-5(11)8-6(14-3)10(13-2)7(9)12;2*1-4-9-6(11)8-5(2)10(13-3)7(9)12;1-11-8-4(10)6-3(9)7-5(8)12-2;1-6-5-3(4)7-2;1-3-2;3-2(6)4-1-5;1-5-4-2(3)6;;;;;;;;/h13H,4H2,1-3H3;2*13H,4H2,1-3H3;11H,1-2H3,(H,6,9,10);6H,1-2H3,(H2,4,5);3H2,1-2H3;;5H,1H3,(H3,3,4,6);8*1H4. The molecule has 482 valence electrons. The van der Waals surface area contributed by atoms with Crippen molar-refractivity contribution in [3.8, 4) is 0 Å². The number of nitrogens with one attached hydrogen (secondary N) is 2. The molecule has 0 radical (unpaired) electrons. The summed E-state index contributed by atoms with van der Waals surface area (Å²) in [6, 6.07) is 0. The molecule has 0 aromatic carbocycles. The van der Waals surface area contributed by atoms with Crippen molar-refractivity contribution in [3.63, 3.8) is 0 Å². The van der Waals surface area contributed by atoms with Gasteiger partial charge in [-0.15, -0.1) is 4.99 Å². The number of hydrogen-bond acceptors (Lipinski definition) is 19. The summed E-state index contributed by atoms with van der Waals surface area (Å²) < 4.78 is 13.3. The smallest absolute Gasteiger partial charge is 0.354 e. The summed E-state index contributed by atoms with van der Waals surface area (Å²) in [6.07, 6.45) is 7.70. The summed E-state index contributed by atoms with van der Waals surface area (Å²) in [6.45, 7) is 25.4. The molecule has 4 aromatic rings. The highest BCUT2D eigenvalue weighted by Gasteiger charge is 2.10. The van der Waals surface area contributed by atoms with Crippen molar-refractivity contribution >= 4 is 133 Å². The van der Waals surface area contributed by atoms with Crippen LogP contribution in [0.15, 0.2) is 58.4 Å². The van der Waals surface area contributed by atoms with E-state index in [2.05, 4.69) is 77.4 Å². The fourth-order valence-electron chi connectivity index (χ4n) is 4.36. The van der Waals surface area contributed by atoms with Crippen molar-refractivity contribution in [3.05, 3.63) is 95.5 Å². The topological polar surface area (TPSA) is 361 Å². The van der Waals surface area contributed by atoms with Crippen LogP contribution in [-0.2, 0) is 24.4 Å². The van der Waals surface area contributed by atoms with Crippen molar-refractivity contribution in [2.45, 2.75) is 144 Å². The van der Waals surface area contributed by atoms with Gasteiger partial charge in [-0.1, -0.05) is 115 Å². The third kappa shape index (κ3) is 42.4. The van der Waals surface area contributed by atoms with Crippen molar-refractivity contribution < 1.29 is 9.59 Å². The first-order valence-electron chi connectivity index (χ1n) is 21.0. The number of amides is 1. The van der Waals surface area contributed by atoms with Crippen LogP contribution in [0.2, 0.25) is 0 Å². The number of carbonyl (C=O) groups is 1. The van der Waals surface area contributed by atoms with Gasteiger partial charge in [-0.3, -0.25) is 27.1 Å². The molecule has 4 aromatic heterocycles. The highest BCUT2D eigenvalue weighted by molar-refractivity contribution is 8.13. The first kappa shape index (κ1) is 107. The van der Waals surface area contributed by atoms with Crippen molar-refractivity contribution in [1.82, 2.24) is 61.1 Å². The number of nitrogens with two attached hydrogens (primary N) is 2. The zero-order valence-electron chi connectivity index (χ0n) is 43.9. The van der Waals surface area contributed by atoms with E-state index in [0.29, 0.717) is 95.5 Å². The van der Waals surface area contributed by atoms with Gasteiger partial charge in [-0.2, -0.15) is 19.9 Å². The molecule has 6 atom stereocenters. The van der Waals surface area contributed by atoms with E-state index in [1.807, 2.05) is 46.2 Å². The Bertz CT molecular complexity index is 2850. The number of aryl methyl sites for hydroxylation is 2. The maximum absolute atomic E-state index is 11.7. The first-order chi connectivity index (χ1) is 34.8. The summed E-state index contributed by atoms with van der Waals surface area (Å²) in [5, 5.41) is 3.73. The molecule has 27 nitrogen and oxygen atoms in total. The summed E-state index contributed by atoms with van der Waals surface area (Å²) >= 11 is 13.1. The molecule has 0 aliphatic carbocycles. The van der Waals surface area contributed by atoms with E-state index in [9.17, 15) is 43.2 Å².